The summed E-state index contributed by atoms with van der Waals surface area (Å²) in [5.74, 6) is 0. The first-order valence-electron chi connectivity index (χ1n) is 11.6. The van der Waals surface area contributed by atoms with E-state index in [0.717, 1.165) is 0 Å². The molecular weight excluding hydrogens is 432 g/mol. The van der Waals surface area contributed by atoms with Gasteiger partial charge in [0, 0.05) is 55.3 Å². The molecule has 0 saturated carbocycles. The summed E-state index contributed by atoms with van der Waals surface area (Å²) < 4.78 is 7.48. The van der Waals surface area contributed by atoms with Crippen molar-refractivity contribution in [1.82, 2.24) is 9.13 Å². The van der Waals surface area contributed by atoms with Crippen molar-refractivity contribution in [3.8, 4) is 5.69 Å². The van der Waals surface area contributed by atoms with E-state index in [4.69, 9.17) is 0 Å². The van der Waals surface area contributed by atoms with Gasteiger partial charge >= 0.3 is 0 Å². The summed E-state index contributed by atoms with van der Waals surface area (Å²) in [5.41, 5.74) is 6.28. The molecule has 0 aliphatic rings. The summed E-state index contributed by atoms with van der Waals surface area (Å²) >= 11 is 1.90. The van der Waals surface area contributed by atoms with E-state index in [0.29, 0.717) is 0 Å². The van der Waals surface area contributed by atoms with Crippen LogP contribution in [-0.2, 0) is 7.05 Å². The van der Waals surface area contributed by atoms with Gasteiger partial charge in [0.2, 0.25) is 0 Å². The molecule has 2 nitrogen and oxygen atoms in total. The maximum absolute atomic E-state index is 2.47. The van der Waals surface area contributed by atoms with E-state index < -0.39 is 0 Å². The second kappa shape index (κ2) is 6.49. The average molecular weight is 453 g/mol. The zero-order valence-corrected chi connectivity index (χ0v) is 19.4. The molecule has 0 bridgehead atoms. The lowest BCUT2D eigenvalue weighted by molar-refractivity contribution is 1.01. The number of benzene rings is 5. The summed E-state index contributed by atoms with van der Waals surface area (Å²) in [5, 5.41) is 7.89. The van der Waals surface area contributed by atoms with Gasteiger partial charge in [0.25, 0.3) is 0 Å². The van der Waals surface area contributed by atoms with Gasteiger partial charge in [-0.05, 0) is 30.3 Å². The van der Waals surface area contributed by atoms with Gasteiger partial charge in [0.05, 0.1) is 21.3 Å². The van der Waals surface area contributed by atoms with Gasteiger partial charge < -0.3 is 9.13 Å². The van der Waals surface area contributed by atoms with Crippen LogP contribution in [0.25, 0.3) is 69.5 Å². The first kappa shape index (κ1) is 18.4. The third-order valence-corrected chi connectivity index (χ3v) is 8.53. The summed E-state index contributed by atoms with van der Waals surface area (Å²) in [4.78, 5) is 0. The predicted octanol–water partition coefficient (Wildman–Crippen LogP) is 8.80. The smallest absolute Gasteiger partial charge is 0.0719 e. The minimum atomic E-state index is 1.20. The first-order valence-corrected chi connectivity index (χ1v) is 12.4. The Bertz CT molecular complexity index is 2080. The molecule has 0 amide bonds. The number of nitrogens with zero attached hydrogens (tertiary/aromatic N) is 2. The maximum atomic E-state index is 2.47. The van der Waals surface area contributed by atoms with E-state index in [-0.39, 0.29) is 0 Å². The zero-order chi connectivity index (χ0) is 22.4. The Balaban J connectivity index is 1.56. The van der Waals surface area contributed by atoms with Crippen molar-refractivity contribution in [2.24, 2.45) is 7.05 Å². The molecule has 3 aromatic heterocycles. The van der Waals surface area contributed by atoms with Crippen molar-refractivity contribution in [2.75, 3.05) is 0 Å². The molecule has 0 aliphatic carbocycles. The van der Waals surface area contributed by atoms with Gasteiger partial charge in [-0.25, -0.2) is 0 Å². The maximum Gasteiger partial charge on any atom is 0.0719 e. The van der Waals surface area contributed by atoms with E-state index in [9.17, 15) is 0 Å². The van der Waals surface area contributed by atoms with E-state index >= 15 is 0 Å². The molecule has 0 N–H and O–H groups in total. The lowest BCUT2D eigenvalue weighted by Gasteiger charge is -2.10. The SMILES string of the molecule is Cn1c2ccccc2c2ccc(-n3c4ccccc4c4ccc5c6ccccc6sc5c43)cc21. The molecule has 3 heterocycles. The number of fused-ring (bicyclic) bond motifs is 10. The molecule has 0 spiro atoms. The van der Waals surface area contributed by atoms with E-state index in [1.54, 1.807) is 0 Å². The van der Waals surface area contributed by atoms with Gasteiger partial charge in [-0.3, -0.25) is 0 Å². The molecule has 0 radical (unpaired) electrons. The Morgan fingerprint density at radius 2 is 1.15 bits per heavy atom. The minimum Gasteiger partial charge on any atom is -0.344 e. The van der Waals surface area contributed by atoms with Crippen LogP contribution in [0, 0.1) is 0 Å². The van der Waals surface area contributed by atoms with Gasteiger partial charge in [-0.2, -0.15) is 0 Å². The molecule has 0 atom stereocenters. The normalized spacial score (nSPS) is 12.3. The molecule has 160 valence electrons. The van der Waals surface area contributed by atoms with Crippen LogP contribution < -0.4 is 0 Å². The number of aryl methyl sites for hydroxylation is 1. The molecular formula is C31H20N2S. The lowest BCUT2D eigenvalue weighted by atomic mass is 10.1. The number of rotatable bonds is 1. The van der Waals surface area contributed by atoms with Crippen molar-refractivity contribution < 1.29 is 0 Å². The van der Waals surface area contributed by atoms with Crippen molar-refractivity contribution in [2.45, 2.75) is 0 Å². The molecule has 0 unspecified atom stereocenters. The van der Waals surface area contributed by atoms with Crippen molar-refractivity contribution in [1.29, 1.82) is 0 Å². The molecule has 5 aromatic carbocycles. The molecule has 8 aromatic rings. The molecule has 8 rings (SSSR count). The first-order chi connectivity index (χ1) is 16.8. The van der Waals surface area contributed by atoms with Gasteiger partial charge in [0.1, 0.15) is 0 Å². The van der Waals surface area contributed by atoms with Crippen molar-refractivity contribution >= 4 is 75.1 Å². The quantitative estimate of drug-likeness (QED) is 0.235. The molecule has 0 aliphatic heterocycles. The van der Waals surface area contributed by atoms with E-state index in [1.165, 1.54) is 69.5 Å². The summed E-state index contributed by atoms with van der Waals surface area (Å²) in [6.45, 7) is 0. The van der Waals surface area contributed by atoms with Crippen LogP contribution in [0.1, 0.15) is 0 Å². The number of para-hydroxylation sites is 2. The molecule has 0 saturated heterocycles. The van der Waals surface area contributed by atoms with Gasteiger partial charge in [-0.15, -0.1) is 11.3 Å². The van der Waals surface area contributed by atoms with Crippen LogP contribution in [0.5, 0.6) is 0 Å². The number of thiophene rings is 1. The topological polar surface area (TPSA) is 9.86 Å². The van der Waals surface area contributed by atoms with Gasteiger partial charge in [0.15, 0.2) is 0 Å². The highest BCUT2D eigenvalue weighted by Crippen LogP contribution is 2.43. The zero-order valence-electron chi connectivity index (χ0n) is 18.6. The van der Waals surface area contributed by atoms with E-state index in [2.05, 4.69) is 119 Å². The number of aromatic nitrogens is 2. The lowest BCUT2D eigenvalue weighted by Crippen LogP contribution is -1.95. The van der Waals surface area contributed by atoms with Crippen molar-refractivity contribution in [3.63, 3.8) is 0 Å². The van der Waals surface area contributed by atoms with Crippen LogP contribution in [0.4, 0.5) is 0 Å². The predicted molar refractivity (Wildman–Crippen MR) is 148 cm³/mol. The van der Waals surface area contributed by atoms with Gasteiger partial charge in [-0.1, -0.05) is 72.8 Å². The summed E-state index contributed by atoms with van der Waals surface area (Å²) in [7, 11) is 2.17. The van der Waals surface area contributed by atoms with Crippen LogP contribution in [0.2, 0.25) is 0 Å². The Morgan fingerprint density at radius 3 is 2.00 bits per heavy atom. The summed E-state index contributed by atoms with van der Waals surface area (Å²) in [6.07, 6.45) is 0. The average Bonchev–Trinajstić information content (AvgIpc) is 3.52. The van der Waals surface area contributed by atoms with Crippen LogP contribution in [0.15, 0.2) is 103 Å². The minimum absolute atomic E-state index is 1.20. The second-order valence-electron chi connectivity index (χ2n) is 9.07. The fourth-order valence-corrected chi connectivity index (χ4v) is 7.03. The highest BCUT2D eigenvalue weighted by Gasteiger charge is 2.18. The van der Waals surface area contributed by atoms with E-state index in [1.807, 2.05) is 11.3 Å². The Hall–Kier alpha value is -4.08. The standard InChI is InChI=1S/C31H20N2S/c1-32-26-11-5-2-8-20(26)22-15-14-19(18-28(22)32)33-27-12-6-3-9-21(27)24-16-17-25-23-10-4-7-13-29(23)34-31(25)30(24)33/h2-18H,1H3. The largest absolute Gasteiger partial charge is 0.344 e. The fraction of sp³-hybridized carbons (Fsp3) is 0.0323. The van der Waals surface area contributed by atoms with Crippen LogP contribution in [0.3, 0.4) is 0 Å². The Labute approximate surface area is 199 Å². The molecule has 3 heteroatoms. The highest BCUT2D eigenvalue weighted by atomic mass is 32.1. The monoisotopic (exact) mass is 452 g/mol. The third kappa shape index (κ3) is 2.25. The fourth-order valence-electron chi connectivity index (χ4n) is 5.79. The second-order valence-corrected chi connectivity index (χ2v) is 10.1. The Kier molecular flexibility index (Phi) is 3.51. The third-order valence-electron chi connectivity index (χ3n) is 7.34. The molecule has 0 fully saturated rings. The number of hydrogen-bond acceptors (Lipinski definition) is 1. The molecule has 34 heavy (non-hydrogen) atoms. The number of hydrogen-bond donors (Lipinski definition) is 0. The van der Waals surface area contributed by atoms with Crippen LogP contribution in [-0.4, -0.2) is 9.13 Å². The van der Waals surface area contributed by atoms with Crippen molar-refractivity contribution in [3.05, 3.63) is 103 Å². The summed E-state index contributed by atoms with van der Waals surface area (Å²) in [6, 6.07) is 37.8. The van der Waals surface area contributed by atoms with Crippen LogP contribution >= 0.6 is 11.3 Å². The Morgan fingerprint density at radius 1 is 0.529 bits per heavy atom. The highest BCUT2D eigenvalue weighted by molar-refractivity contribution is 7.26.